The molecule has 0 unspecified atom stereocenters. The van der Waals surface area contributed by atoms with Gasteiger partial charge < -0.3 is 20.7 Å². The Bertz CT molecular complexity index is 1280. The van der Waals surface area contributed by atoms with Gasteiger partial charge in [0.15, 0.2) is 17.3 Å². The van der Waals surface area contributed by atoms with E-state index in [1.54, 1.807) is 13.3 Å². The molecule has 0 saturated heterocycles. The Balaban J connectivity index is 1.47. The van der Waals surface area contributed by atoms with Gasteiger partial charge in [-0.2, -0.15) is 4.98 Å². The van der Waals surface area contributed by atoms with Crippen LogP contribution in [0.15, 0.2) is 18.3 Å². The summed E-state index contributed by atoms with van der Waals surface area (Å²) in [6.45, 7) is 2.49. The van der Waals surface area contributed by atoms with E-state index in [1.165, 1.54) is 0 Å². The van der Waals surface area contributed by atoms with Gasteiger partial charge in [0.05, 0.1) is 18.8 Å². The fourth-order valence-electron chi connectivity index (χ4n) is 4.96. The number of benzene rings is 1. The molecule has 0 spiro atoms. The molecule has 2 aliphatic rings. The molecule has 0 bridgehead atoms. The summed E-state index contributed by atoms with van der Waals surface area (Å²) >= 11 is 0. The highest BCUT2D eigenvalue weighted by atomic mass is 19.1. The van der Waals surface area contributed by atoms with E-state index in [-0.39, 0.29) is 29.9 Å². The Morgan fingerprint density at radius 3 is 2.45 bits per heavy atom. The maximum Gasteiger partial charge on any atom is 0.225 e. The third-order valence-corrected chi connectivity index (χ3v) is 7.23. The Kier molecular flexibility index (Phi) is 7.68. The van der Waals surface area contributed by atoms with E-state index in [0.29, 0.717) is 67.6 Å². The molecule has 2 saturated carbocycles. The lowest BCUT2D eigenvalue weighted by molar-refractivity contribution is -0.126. The van der Waals surface area contributed by atoms with Crippen molar-refractivity contribution in [3.8, 4) is 0 Å². The first-order valence-corrected chi connectivity index (χ1v) is 13.1. The van der Waals surface area contributed by atoms with Gasteiger partial charge in [0.2, 0.25) is 17.8 Å². The number of aromatic nitrogens is 4. The van der Waals surface area contributed by atoms with Gasteiger partial charge in [0.25, 0.3) is 0 Å². The van der Waals surface area contributed by atoms with Crippen molar-refractivity contribution < 1.29 is 22.7 Å². The average Bonchev–Trinajstić information content (AvgIpc) is 3.64. The summed E-state index contributed by atoms with van der Waals surface area (Å²) in [4.78, 5) is 26.2. The minimum absolute atomic E-state index is 0.00533. The first-order chi connectivity index (χ1) is 18.4. The van der Waals surface area contributed by atoms with Gasteiger partial charge in [-0.15, -0.1) is 0 Å². The molecule has 3 N–H and O–H groups in total. The summed E-state index contributed by atoms with van der Waals surface area (Å²) in [5.41, 5.74) is 0.429. The zero-order valence-corrected chi connectivity index (χ0v) is 21.4. The predicted molar refractivity (Wildman–Crippen MR) is 137 cm³/mol. The number of nitrogens with zero attached hydrogens (tertiary/aromatic N) is 4. The SMILES string of the molecule is CC[C@H](COC)Nc1ncc2nc(Nc3c(F)cc(F)cc3F)n(C3CCC(C(=O)NC4CC4)CC3)c2n1. The molecule has 1 amide bonds. The van der Waals surface area contributed by atoms with Crippen LogP contribution in [0.1, 0.15) is 57.9 Å². The molecule has 2 aromatic heterocycles. The van der Waals surface area contributed by atoms with E-state index in [0.717, 1.165) is 19.3 Å². The second kappa shape index (κ2) is 11.1. The lowest BCUT2D eigenvalue weighted by atomic mass is 9.85. The summed E-state index contributed by atoms with van der Waals surface area (Å²) in [5.74, 6) is -2.58. The van der Waals surface area contributed by atoms with Crippen molar-refractivity contribution in [3.63, 3.8) is 0 Å². The van der Waals surface area contributed by atoms with Crippen LogP contribution in [0.3, 0.4) is 0 Å². The molecule has 38 heavy (non-hydrogen) atoms. The fraction of sp³-hybridized carbons (Fsp3) is 0.538. The maximum absolute atomic E-state index is 14.5. The van der Waals surface area contributed by atoms with Gasteiger partial charge in [-0.1, -0.05) is 6.92 Å². The Labute approximate surface area is 218 Å². The number of imidazole rings is 1. The van der Waals surface area contributed by atoms with E-state index >= 15 is 0 Å². The summed E-state index contributed by atoms with van der Waals surface area (Å²) in [6, 6.07) is 1.41. The van der Waals surface area contributed by atoms with Crippen LogP contribution in [0.25, 0.3) is 11.2 Å². The number of hydrogen-bond acceptors (Lipinski definition) is 7. The van der Waals surface area contributed by atoms with Crippen molar-refractivity contribution in [2.24, 2.45) is 5.92 Å². The van der Waals surface area contributed by atoms with Gasteiger partial charge in [0.1, 0.15) is 17.0 Å². The molecule has 2 heterocycles. The van der Waals surface area contributed by atoms with E-state index in [9.17, 15) is 18.0 Å². The number of anilines is 3. The average molecular weight is 532 g/mol. The molecule has 1 atom stereocenters. The van der Waals surface area contributed by atoms with Crippen LogP contribution in [0.5, 0.6) is 0 Å². The van der Waals surface area contributed by atoms with Gasteiger partial charge in [-0.25, -0.2) is 23.1 Å². The molecule has 2 fully saturated rings. The number of carbonyl (C=O) groups excluding carboxylic acids is 1. The number of amides is 1. The number of methoxy groups -OCH3 is 1. The predicted octanol–water partition coefficient (Wildman–Crippen LogP) is 4.83. The van der Waals surface area contributed by atoms with Crippen molar-refractivity contribution in [2.45, 2.75) is 70.0 Å². The zero-order valence-electron chi connectivity index (χ0n) is 21.4. The first-order valence-electron chi connectivity index (χ1n) is 13.1. The molecule has 0 aliphatic heterocycles. The molecule has 1 aromatic carbocycles. The van der Waals surface area contributed by atoms with Gasteiger partial charge in [-0.05, 0) is 44.9 Å². The highest BCUT2D eigenvalue weighted by Gasteiger charge is 2.33. The highest BCUT2D eigenvalue weighted by molar-refractivity contribution is 5.79. The Morgan fingerprint density at radius 2 is 1.82 bits per heavy atom. The van der Waals surface area contributed by atoms with Crippen molar-refractivity contribution in [2.75, 3.05) is 24.4 Å². The third-order valence-electron chi connectivity index (χ3n) is 7.23. The fourth-order valence-corrected chi connectivity index (χ4v) is 4.96. The molecule has 0 radical (unpaired) electrons. The molecular formula is C26H32F3N7O2. The summed E-state index contributed by atoms with van der Waals surface area (Å²) in [7, 11) is 1.62. The summed E-state index contributed by atoms with van der Waals surface area (Å²) in [6.07, 6.45) is 7.07. The third kappa shape index (κ3) is 5.69. The number of halogens is 3. The van der Waals surface area contributed by atoms with E-state index in [1.807, 2.05) is 11.5 Å². The van der Waals surface area contributed by atoms with Gasteiger partial charge in [-0.3, -0.25) is 9.36 Å². The van der Waals surface area contributed by atoms with Crippen LogP contribution < -0.4 is 16.0 Å². The van der Waals surface area contributed by atoms with Crippen LogP contribution in [0.4, 0.5) is 30.8 Å². The smallest absolute Gasteiger partial charge is 0.225 e. The molecule has 204 valence electrons. The standard InChI is InChI=1S/C26H32F3N7O2/c1-3-16(13-38-2)32-25-30-12-21-23(35-25)36(18-8-4-14(5-9-18)24(37)31-17-6-7-17)26(33-21)34-22-19(28)10-15(27)11-20(22)29/h10-12,14,16-18H,3-9,13H2,1-2H3,(H,31,37)(H,33,34)(H,30,32,35)/t14?,16-,18?/m1/s1. The van der Waals surface area contributed by atoms with Crippen molar-refractivity contribution in [3.05, 3.63) is 35.8 Å². The van der Waals surface area contributed by atoms with E-state index < -0.39 is 23.1 Å². The minimum atomic E-state index is -1.07. The minimum Gasteiger partial charge on any atom is -0.383 e. The molecule has 12 heteroatoms. The highest BCUT2D eigenvalue weighted by Crippen LogP contribution is 2.38. The number of rotatable bonds is 10. The summed E-state index contributed by atoms with van der Waals surface area (Å²) in [5, 5.41) is 9.07. The zero-order chi connectivity index (χ0) is 26.8. The molecule has 5 rings (SSSR count). The van der Waals surface area contributed by atoms with E-state index in [2.05, 4.69) is 25.9 Å². The van der Waals surface area contributed by atoms with Crippen molar-refractivity contribution in [1.82, 2.24) is 24.8 Å². The van der Waals surface area contributed by atoms with Crippen molar-refractivity contribution in [1.29, 1.82) is 0 Å². The normalized spacial score (nSPS) is 20.3. The molecule has 2 aliphatic carbocycles. The number of hydrogen-bond donors (Lipinski definition) is 3. The molecule has 9 nitrogen and oxygen atoms in total. The Hall–Kier alpha value is -3.41. The second-order valence-electron chi connectivity index (χ2n) is 10.1. The van der Waals surface area contributed by atoms with Gasteiger partial charge in [0, 0.05) is 37.2 Å². The van der Waals surface area contributed by atoms with Crippen LogP contribution in [-0.2, 0) is 9.53 Å². The number of carbonyl (C=O) groups is 1. The summed E-state index contributed by atoms with van der Waals surface area (Å²) < 4.78 is 49.6. The van der Waals surface area contributed by atoms with Crippen LogP contribution in [0.2, 0.25) is 0 Å². The van der Waals surface area contributed by atoms with Crippen LogP contribution in [-0.4, -0.2) is 51.2 Å². The topological polar surface area (TPSA) is 106 Å². The Morgan fingerprint density at radius 1 is 1.11 bits per heavy atom. The molecule has 3 aromatic rings. The second-order valence-corrected chi connectivity index (χ2v) is 10.1. The number of nitrogens with one attached hydrogen (secondary N) is 3. The first kappa shape index (κ1) is 26.2. The number of ether oxygens (including phenoxy) is 1. The maximum atomic E-state index is 14.5. The van der Waals surface area contributed by atoms with Gasteiger partial charge >= 0.3 is 0 Å². The lowest BCUT2D eigenvalue weighted by Gasteiger charge is -2.30. The van der Waals surface area contributed by atoms with Crippen LogP contribution >= 0.6 is 0 Å². The van der Waals surface area contributed by atoms with Crippen LogP contribution in [0, 0.1) is 23.4 Å². The quantitative estimate of drug-likeness (QED) is 0.344. The van der Waals surface area contributed by atoms with E-state index in [4.69, 9.17) is 9.72 Å². The number of fused-ring (bicyclic) bond motifs is 1. The molecular weight excluding hydrogens is 499 g/mol. The lowest BCUT2D eigenvalue weighted by Crippen LogP contribution is -2.35. The monoisotopic (exact) mass is 531 g/mol. The largest absolute Gasteiger partial charge is 0.383 e. The van der Waals surface area contributed by atoms with Crippen molar-refractivity contribution >= 4 is 34.7 Å².